The van der Waals surface area contributed by atoms with Crippen molar-refractivity contribution >= 4 is 40.3 Å². The number of nitrogens with zero attached hydrogens (tertiary/aromatic N) is 1. The van der Waals surface area contributed by atoms with Crippen molar-refractivity contribution < 1.29 is 14.3 Å². The van der Waals surface area contributed by atoms with Crippen LogP contribution in [0.1, 0.15) is 17.2 Å². The molecule has 28 heavy (non-hydrogen) atoms. The Balaban J connectivity index is 1.71. The fraction of sp³-hybridized carbons (Fsp3) is 0.182. The fourth-order valence-electron chi connectivity index (χ4n) is 3.19. The number of para-hydroxylation sites is 1. The summed E-state index contributed by atoms with van der Waals surface area (Å²) >= 11 is 6.70. The van der Waals surface area contributed by atoms with Gasteiger partial charge in [0.25, 0.3) is 5.91 Å². The minimum Gasteiger partial charge on any atom is -0.480 e. The summed E-state index contributed by atoms with van der Waals surface area (Å²) in [5.74, 6) is 0.750. The third-order valence-corrected chi connectivity index (χ3v) is 5.96. The third kappa shape index (κ3) is 3.76. The maximum atomic E-state index is 12.8. The topological polar surface area (TPSA) is 38.8 Å². The first-order valence-electron chi connectivity index (χ1n) is 8.94. The molecule has 0 unspecified atom stereocenters. The maximum Gasteiger partial charge on any atom is 0.266 e. The van der Waals surface area contributed by atoms with Crippen molar-refractivity contribution in [1.29, 1.82) is 0 Å². The Kier molecular flexibility index (Phi) is 5.62. The van der Waals surface area contributed by atoms with E-state index in [0.29, 0.717) is 22.4 Å². The summed E-state index contributed by atoms with van der Waals surface area (Å²) in [7, 11) is 1.61. The molecule has 0 radical (unpaired) electrons. The molecule has 1 amide bonds. The van der Waals surface area contributed by atoms with E-state index in [0.717, 1.165) is 22.4 Å². The van der Waals surface area contributed by atoms with E-state index >= 15 is 0 Å². The second kappa shape index (κ2) is 8.31. The van der Waals surface area contributed by atoms with Crippen LogP contribution in [0.2, 0.25) is 0 Å². The summed E-state index contributed by atoms with van der Waals surface area (Å²) in [6, 6.07) is 17.9. The molecule has 4 rings (SSSR count). The summed E-state index contributed by atoms with van der Waals surface area (Å²) < 4.78 is 11.9. The molecule has 0 bridgehead atoms. The van der Waals surface area contributed by atoms with E-state index in [1.807, 2.05) is 60.7 Å². The minimum atomic E-state index is -0.279. The van der Waals surface area contributed by atoms with Gasteiger partial charge in [-0.25, -0.2) is 0 Å². The lowest BCUT2D eigenvalue weighted by Crippen LogP contribution is -2.31. The van der Waals surface area contributed by atoms with Crippen molar-refractivity contribution in [2.75, 3.05) is 20.3 Å². The second-order valence-corrected chi connectivity index (χ2v) is 8.09. The van der Waals surface area contributed by atoms with Crippen LogP contribution in [0.5, 0.6) is 5.75 Å². The minimum absolute atomic E-state index is 0.0846. The van der Waals surface area contributed by atoms with Crippen LogP contribution in [0, 0.1) is 0 Å². The molecule has 1 saturated heterocycles. The molecule has 2 aromatic rings. The normalized spacial score (nSPS) is 20.2. The first kappa shape index (κ1) is 18.9. The van der Waals surface area contributed by atoms with E-state index in [4.69, 9.17) is 21.7 Å². The number of fused-ring (bicyclic) bond motifs is 1. The Morgan fingerprint density at radius 1 is 1.18 bits per heavy atom. The average Bonchev–Trinajstić information content (AvgIpc) is 2.99. The van der Waals surface area contributed by atoms with Crippen molar-refractivity contribution in [2.45, 2.75) is 6.10 Å². The predicted octanol–water partition coefficient (Wildman–Crippen LogP) is 4.59. The Morgan fingerprint density at radius 2 is 1.93 bits per heavy atom. The van der Waals surface area contributed by atoms with E-state index in [2.05, 4.69) is 6.08 Å². The molecule has 6 heteroatoms. The maximum absolute atomic E-state index is 12.8. The number of methoxy groups -OCH3 is 1. The van der Waals surface area contributed by atoms with Crippen molar-refractivity contribution in [1.82, 2.24) is 4.90 Å². The van der Waals surface area contributed by atoms with Crippen molar-refractivity contribution in [2.24, 2.45) is 0 Å². The molecule has 4 nitrogen and oxygen atoms in total. The van der Waals surface area contributed by atoms with Gasteiger partial charge in [-0.1, -0.05) is 72.5 Å². The van der Waals surface area contributed by atoms with Crippen LogP contribution in [0.3, 0.4) is 0 Å². The second-order valence-electron chi connectivity index (χ2n) is 6.42. The van der Waals surface area contributed by atoms with Crippen molar-refractivity contribution in [3.63, 3.8) is 0 Å². The summed E-state index contributed by atoms with van der Waals surface area (Å²) in [6.07, 6.45) is 3.70. The number of ether oxygens (including phenoxy) is 2. The smallest absolute Gasteiger partial charge is 0.266 e. The zero-order chi connectivity index (χ0) is 19.5. The van der Waals surface area contributed by atoms with E-state index in [-0.39, 0.29) is 12.0 Å². The van der Waals surface area contributed by atoms with E-state index in [1.165, 1.54) is 11.8 Å². The fourth-order valence-corrected chi connectivity index (χ4v) is 4.50. The molecular weight excluding hydrogens is 390 g/mol. The quantitative estimate of drug-likeness (QED) is 0.533. The standard InChI is InChI=1S/C22H19NO3S2/c1-25-12-11-23-21(24)19(28-22(23)27)14-17-13-16-9-5-6-10-18(16)26-20(17)15-7-3-2-4-8-15/h2-10,13-14,20H,11-12H2,1H3/b19-14-/t20-/m0/s1. The van der Waals surface area contributed by atoms with Gasteiger partial charge in [-0.2, -0.15) is 0 Å². The van der Waals surface area contributed by atoms with Crippen molar-refractivity contribution in [3.8, 4) is 5.75 Å². The Morgan fingerprint density at radius 3 is 2.71 bits per heavy atom. The van der Waals surface area contributed by atoms with Crippen LogP contribution in [0.4, 0.5) is 0 Å². The zero-order valence-corrected chi connectivity index (χ0v) is 17.0. The lowest BCUT2D eigenvalue weighted by Gasteiger charge is -2.26. The number of thioether (sulfide) groups is 1. The molecule has 2 aromatic carbocycles. The highest BCUT2D eigenvalue weighted by atomic mass is 32.2. The van der Waals surface area contributed by atoms with Gasteiger partial charge in [0.1, 0.15) is 16.2 Å². The average molecular weight is 410 g/mol. The molecule has 0 aliphatic carbocycles. The Bertz CT molecular complexity index is 969. The molecular formula is C22H19NO3S2. The van der Waals surface area contributed by atoms with Crippen LogP contribution in [0.25, 0.3) is 6.08 Å². The van der Waals surface area contributed by atoms with Crippen LogP contribution in [-0.4, -0.2) is 35.4 Å². The molecule has 0 saturated carbocycles. The zero-order valence-electron chi connectivity index (χ0n) is 15.3. The van der Waals surface area contributed by atoms with Gasteiger partial charge in [-0.3, -0.25) is 9.69 Å². The first-order valence-corrected chi connectivity index (χ1v) is 10.2. The van der Waals surface area contributed by atoms with Crippen LogP contribution < -0.4 is 4.74 Å². The van der Waals surface area contributed by atoms with Crippen LogP contribution >= 0.6 is 24.0 Å². The highest BCUT2D eigenvalue weighted by molar-refractivity contribution is 8.26. The first-order chi connectivity index (χ1) is 13.7. The molecule has 2 heterocycles. The molecule has 1 fully saturated rings. The van der Waals surface area contributed by atoms with Gasteiger partial charge in [0.15, 0.2) is 0 Å². The van der Waals surface area contributed by atoms with Gasteiger partial charge < -0.3 is 9.47 Å². The molecule has 0 spiro atoms. The number of hydrogen-bond donors (Lipinski definition) is 0. The summed E-state index contributed by atoms with van der Waals surface area (Å²) in [4.78, 5) is 15.0. The highest BCUT2D eigenvalue weighted by Gasteiger charge is 2.33. The number of hydrogen-bond acceptors (Lipinski definition) is 5. The summed E-state index contributed by atoms with van der Waals surface area (Å²) in [5.41, 5.74) is 2.96. The lowest BCUT2D eigenvalue weighted by molar-refractivity contribution is -0.122. The van der Waals surface area contributed by atoms with Crippen molar-refractivity contribution in [3.05, 3.63) is 82.3 Å². The molecule has 2 aliphatic rings. The number of thiocarbonyl (C=S) groups is 1. The number of benzene rings is 2. The van der Waals surface area contributed by atoms with E-state index < -0.39 is 0 Å². The summed E-state index contributed by atoms with van der Waals surface area (Å²) in [5, 5.41) is 0. The summed E-state index contributed by atoms with van der Waals surface area (Å²) in [6.45, 7) is 0.907. The Labute approximate surface area is 173 Å². The molecule has 0 aromatic heterocycles. The largest absolute Gasteiger partial charge is 0.480 e. The van der Waals surface area contributed by atoms with Gasteiger partial charge in [-0.15, -0.1) is 0 Å². The number of amides is 1. The monoisotopic (exact) mass is 409 g/mol. The SMILES string of the molecule is COCCN1C(=O)/C(=C/C2=Cc3ccccc3O[C@H]2c2ccccc2)SC1=S. The number of rotatable bonds is 5. The van der Waals surface area contributed by atoms with Gasteiger partial charge in [0.05, 0.1) is 18.1 Å². The van der Waals surface area contributed by atoms with Gasteiger partial charge >= 0.3 is 0 Å². The predicted molar refractivity (Wildman–Crippen MR) is 116 cm³/mol. The third-order valence-electron chi connectivity index (χ3n) is 4.58. The molecule has 1 atom stereocenters. The Hall–Kier alpha value is -2.41. The van der Waals surface area contributed by atoms with Crippen LogP contribution in [-0.2, 0) is 9.53 Å². The van der Waals surface area contributed by atoms with Gasteiger partial charge in [-0.05, 0) is 29.4 Å². The van der Waals surface area contributed by atoms with Gasteiger partial charge in [0, 0.05) is 12.7 Å². The van der Waals surface area contributed by atoms with E-state index in [9.17, 15) is 4.79 Å². The van der Waals surface area contributed by atoms with Gasteiger partial charge in [0.2, 0.25) is 0 Å². The molecule has 142 valence electrons. The molecule has 0 N–H and O–H groups in total. The lowest BCUT2D eigenvalue weighted by atomic mass is 9.95. The van der Waals surface area contributed by atoms with E-state index in [1.54, 1.807) is 12.0 Å². The van der Waals surface area contributed by atoms with Crippen LogP contribution in [0.15, 0.2) is 71.2 Å². The highest BCUT2D eigenvalue weighted by Crippen LogP contribution is 2.40. The molecule has 2 aliphatic heterocycles. The number of carbonyl (C=O) groups is 1. The number of carbonyl (C=O) groups excluding carboxylic acids is 1.